The lowest BCUT2D eigenvalue weighted by atomic mass is 9.77. The van der Waals surface area contributed by atoms with Crippen molar-refractivity contribution in [2.45, 2.75) is 72.0 Å². The number of aromatic nitrogens is 4. The number of rotatable bonds is 10. The number of piperidine rings is 1. The van der Waals surface area contributed by atoms with E-state index in [4.69, 9.17) is 0 Å². The van der Waals surface area contributed by atoms with Gasteiger partial charge in [-0.3, -0.25) is 9.69 Å². The number of carbonyl (C=O) groups excluding carboxylic acids is 1. The van der Waals surface area contributed by atoms with Gasteiger partial charge in [0.1, 0.15) is 11.6 Å². The van der Waals surface area contributed by atoms with Gasteiger partial charge in [-0.1, -0.05) is 38.1 Å². The Morgan fingerprint density at radius 2 is 1.54 bits per heavy atom. The molecule has 5 rings (SSSR count). The fourth-order valence-electron chi connectivity index (χ4n) is 6.41. The second-order valence-electron chi connectivity index (χ2n) is 12.7. The quantitative estimate of drug-likeness (QED) is 0.400. The van der Waals surface area contributed by atoms with E-state index in [1.807, 2.05) is 12.4 Å². The zero-order valence-electron chi connectivity index (χ0n) is 24.1. The topological polar surface area (TPSA) is 84.2 Å². The molecule has 210 valence electrons. The molecular weight excluding hydrogens is 486 g/mol. The highest BCUT2D eigenvalue weighted by molar-refractivity contribution is 5.87. The Morgan fingerprint density at radius 3 is 2.08 bits per heavy atom. The summed E-state index contributed by atoms with van der Waals surface area (Å²) in [6.45, 7) is 16.3. The van der Waals surface area contributed by atoms with Crippen molar-refractivity contribution in [3.05, 3.63) is 71.8 Å². The molecule has 0 unspecified atom stereocenters. The lowest BCUT2D eigenvalue weighted by Crippen LogP contribution is -2.46. The summed E-state index contributed by atoms with van der Waals surface area (Å²) in [6, 6.07) is 8.61. The third-order valence-electron chi connectivity index (χ3n) is 8.74. The van der Waals surface area contributed by atoms with Crippen LogP contribution in [0.15, 0.2) is 49.1 Å². The first-order valence-corrected chi connectivity index (χ1v) is 14.5. The largest absolute Gasteiger partial charge is 0.348 e. The summed E-state index contributed by atoms with van der Waals surface area (Å²) >= 11 is 0. The van der Waals surface area contributed by atoms with E-state index in [9.17, 15) is 4.79 Å². The van der Waals surface area contributed by atoms with Crippen molar-refractivity contribution < 1.29 is 4.79 Å². The summed E-state index contributed by atoms with van der Waals surface area (Å²) in [5, 5.41) is 0. The van der Waals surface area contributed by atoms with Gasteiger partial charge in [0.15, 0.2) is 0 Å². The second-order valence-corrected chi connectivity index (χ2v) is 12.7. The average Bonchev–Trinajstić information content (AvgIpc) is 3.69. The second kappa shape index (κ2) is 11.6. The molecule has 2 aliphatic heterocycles. The number of benzene rings is 1. The lowest BCUT2D eigenvalue weighted by Gasteiger charge is -2.40. The van der Waals surface area contributed by atoms with Crippen LogP contribution >= 0.6 is 0 Å². The number of amides is 1. The lowest BCUT2D eigenvalue weighted by molar-refractivity contribution is -0.135. The van der Waals surface area contributed by atoms with Crippen molar-refractivity contribution in [1.29, 1.82) is 0 Å². The van der Waals surface area contributed by atoms with Crippen molar-refractivity contribution in [3.63, 3.8) is 0 Å². The van der Waals surface area contributed by atoms with Gasteiger partial charge in [0, 0.05) is 51.0 Å². The van der Waals surface area contributed by atoms with Crippen LogP contribution in [0.3, 0.4) is 0 Å². The van der Waals surface area contributed by atoms with E-state index >= 15 is 0 Å². The molecule has 0 bridgehead atoms. The minimum atomic E-state index is -0.551. The maximum absolute atomic E-state index is 13.8. The van der Waals surface area contributed by atoms with Crippen LogP contribution < -0.4 is 0 Å². The molecule has 8 heteroatoms. The molecule has 2 aromatic heterocycles. The minimum Gasteiger partial charge on any atom is -0.348 e. The molecule has 2 saturated heterocycles. The molecule has 1 aromatic carbocycles. The average molecular weight is 532 g/mol. The first-order chi connectivity index (χ1) is 18.7. The molecule has 0 atom stereocenters. The Hall–Kier alpha value is -2.97. The van der Waals surface area contributed by atoms with Crippen molar-refractivity contribution >= 4 is 5.91 Å². The Bertz CT molecular complexity index is 1140. The van der Waals surface area contributed by atoms with Gasteiger partial charge in [-0.2, -0.15) is 0 Å². The van der Waals surface area contributed by atoms with Gasteiger partial charge in [-0.15, -0.1) is 0 Å². The molecule has 0 radical (unpaired) electrons. The molecule has 1 spiro atoms. The van der Waals surface area contributed by atoms with E-state index in [0.29, 0.717) is 24.4 Å². The standard InChI is InChI=1S/C31H45N7O/c1-24(2)19-36-16-9-31(10-17-36)11-18-38(23-31)29(39)30(3,4)26-7-5-25(6-8-26)20-37(21-27-32-12-13-33-27)22-28-34-14-15-35-28/h5-8,12-15,24H,9-11,16-23H2,1-4H3,(H,32,33)(H,34,35). The van der Waals surface area contributed by atoms with E-state index in [0.717, 1.165) is 43.3 Å². The molecule has 3 aromatic rings. The highest BCUT2D eigenvalue weighted by Gasteiger charge is 2.45. The van der Waals surface area contributed by atoms with Gasteiger partial charge in [-0.05, 0) is 68.7 Å². The van der Waals surface area contributed by atoms with Crippen molar-refractivity contribution in [3.8, 4) is 0 Å². The van der Waals surface area contributed by atoms with Gasteiger partial charge in [-0.25, -0.2) is 9.97 Å². The molecule has 4 heterocycles. The predicted molar refractivity (Wildman–Crippen MR) is 154 cm³/mol. The van der Waals surface area contributed by atoms with E-state index in [1.54, 1.807) is 12.4 Å². The third-order valence-corrected chi connectivity index (χ3v) is 8.74. The molecule has 8 nitrogen and oxygen atoms in total. The molecule has 2 fully saturated rings. The number of imidazole rings is 2. The summed E-state index contributed by atoms with van der Waals surface area (Å²) in [4.78, 5) is 36.1. The summed E-state index contributed by atoms with van der Waals surface area (Å²) in [5.41, 5.74) is 2.04. The number of carbonyl (C=O) groups is 1. The molecule has 2 aliphatic rings. The molecular formula is C31H45N7O. The number of H-pyrrole nitrogens is 2. The predicted octanol–water partition coefficient (Wildman–Crippen LogP) is 4.58. The van der Waals surface area contributed by atoms with Crippen LogP contribution in [0.25, 0.3) is 0 Å². The van der Waals surface area contributed by atoms with Crippen LogP contribution in [0.2, 0.25) is 0 Å². The van der Waals surface area contributed by atoms with Crippen LogP contribution in [0.5, 0.6) is 0 Å². The summed E-state index contributed by atoms with van der Waals surface area (Å²) in [7, 11) is 0. The normalized spacial score (nSPS) is 18.1. The fraction of sp³-hybridized carbons (Fsp3) is 0.581. The zero-order valence-corrected chi connectivity index (χ0v) is 24.1. The molecule has 39 heavy (non-hydrogen) atoms. The van der Waals surface area contributed by atoms with Crippen molar-refractivity contribution in [2.24, 2.45) is 11.3 Å². The number of hydrogen-bond donors (Lipinski definition) is 2. The number of likely N-dealkylation sites (tertiary alicyclic amines) is 2. The SMILES string of the molecule is CC(C)CN1CCC2(CC1)CCN(C(=O)C(C)(C)c1ccc(CN(Cc3ncc[nH]3)Cc3ncc[nH]3)cc1)C2. The van der Waals surface area contributed by atoms with E-state index < -0.39 is 5.41 Å². The summed E-state index contributed by atoms with van der Waals surface area (Å²) in [5.74, 6) is 2.83. The zero-order chi connectivity index (χ0) is 27.5. The van der Waals surface area contributed by atoms with Gasteiger partial charge >= 0.3 is 0 Å². The van der Waals surface area contributed by atoms with Crippen LogP contribution in [-0.4, -0.2) is 73.3 Å². The maximum Gasteiger partial charge on any atom is 0.232 e. The minimum absolute atomic E-state index is 0.258. The van der Waals surface area contributed by atoms with Gasteiger partial charge < -0.3 is 19.8 Å². The number of nitrogens with zero attached hydrogens (tertiary/aromatic N) is 5. The molecule has 1 amide bonds. The molecule has 2 N–H and O–H groups in total. The van der Waals surface area contributed by atoms with Crippen molar-refractivity contribution in [1.82, 2.24) is 34.6 Å². The number of nitrogens with one attached hydrogen (secondary N) is 2. The summed E-state index contributed by atoms with van der Waals surface area (Å²) in [6.07, 6.45) is 10.8. The van der Waals surface area contributed by atoms with Crippen LogP contribution in [-0.2, 0) is 29.8 Å². The maximum atomic E-state index is 13.8. The van der Waals surface area contributed by atoms with E-state index in [1.165, 1.54) is 38.0 Å². The van der Waals surface area contributed by atoms with Crippen LogP contribution in [0, 0.1) is 11.3 Å². The fourth-order valence-corrected chi connectivity index (χ4v) is 6.41. The van der Waals surface area contributed by atoms with E-state index in [2.05, 4.69) is 86.6 Å². The number of hydrogen-bond acceptors (Lipinski definition) is 5. The molecule has 0 aliphatic carbocycles. The smallest absolute Gasteiger partial charge is 0.232 e. The Kier molecular flexibility index (Phi) is 8.24. The number of aromatic amines is 2. The van der Waals surface area contributed by atoms with Gasteiger partial charge in [0.05, 0.1) is 18.5 Å². The first-order valence-electron chi connectivity index (χ1n) is 14.5. The summed E-state index contributed by atoms with van der Waals surface area (Å²) < 4.78 is 0. The third kappa shape index (κ3) is 6.61. The Morgan fingerprint density at radius 1 is 0.949 bits per heavy atom. The van der Waals surface area contributed by atoms with E-state index in [-0.39, 0.29) is 5.91 Å². The van der Waals surface area contributed by atoms with Gasteiger partial charge in [0.25, 0.3) is 0 Å². The Balaban J connectivity index is 1.20. The van der Waals surface area contributed by atoms with Crippen molar-refractivity contribution in [2.75, 3.05) is 32.7 Å². The Labute approximate surface area is 233 Å². The highest BCUT2D eigenvalue weighted by Crippen LogP contribution is 2.42. The molecule has 0 saturated carbocycles. The first kappa shape index (κ1) is 27.6. The monoisotopic (exact) mass is 531 g/mol. The highest BCUT2D eigenvalue weighted by atomic mass is 16.2. The van der Waals surface area contributed by atoms with Gasteiger partial charge in [0.2, 0.25) is 5.91 Å². The van der Waals surface area contributed by atoms with Crippen LogP contribution in [0.1, 0.15) is 69.7 Å². The van der Waals surface area contributed by atoms with Crippen LogP contribution in [0.4, 0.5) is 0 Å².